The molecule has 3 aliphatic rings. The second-order valence-electron chi connectivity index (χ2n) is 9.42. The molecular formula is C21H28O3. The first-order valence-corrected chi connectivity index (χ1v) is 9.19. The van der Waals surface area contributed by atoms with Crippen LogP contribution in [0.15, 0.2) is 12.1 Å². The lowest BCUT2D eigenvalue weighted by Gasteiger charge is -2.60. The van der Waals surface area contributed by atoms with Crippen LogP contribution in [0.5, 0.6) is 11.5 Å². The summed E-state index contributed by atoms with van der Waals surface area (Å²) in [5, 5.41) is 20.4. The van der Waals surface area contributed by atoms with Gasteiger partial charge in [0, 0.05) is 28.9 Å². The Labute approximate surface area is 144 Å². The standard InChI is InChI=1S/C21H28O3/c1-19(2)15-5-7-21(4)16(20(15,3)8-6-17(19)24)10-12-9-13(22)11-14(23)18(12)21/h9,11,15-16,22-23H,5-8,10H2,1-4H3/t15?,16-,20+,21-/m0/s1. The van der Waals surface area contributed by atoms with Crippen LogP contribution < -0.4 is 0 Å². The number of fused-ring (bicyclic) bond motifs is 5. The third-order valence-corrected chi connectivity index (χ3v) is 7.97. The van der Waals surface area contributed by atoms with E-state index in [0.29, 0.717) is 24.0 Å². The van der Waals surface area contributed by atoms with E-state index < -0.39 is 0 Å². The predicted octanol–water partition coefficient (Wildman–Crippen LogP) is 4.33. The molecule has 0 heterocycles. The highest BCUT2D eigenvalue weighted by Crippen LogP contribution is 2.67. The first kappa shape index (κ1) is 16.0. The van der Waals surface area contributed by atoms with Crippen LogP contribution in [-0.4, -0.2) is 16.0 Å². The number of hydrogen-bond donors (Lipinski definition) is 2. The number of phenolic OH excluding ortho intramolecular Hbond substituents is 2. The van der Waals surface area contributed by atoms with E-state index in [1.165, 1.54) is 6.07 Å². The summed E-state index contributed by atoms with van der Waals surface area (Å²) < 4.78 is 0. The molecule has 3 aliphatic carbocycles. The van der Waals surface area contributed by atoms with Crippen molar-refractivity contribution in [2.75, 3.05) is 0 Å². The van der Waals surface area contributed by atoms with Gasteiger partial charge >= 0.3 is 0 Å². The van der Waals surface area contributed by atoms with Gasteiger partial charge in [0.05, 0.1) is 0 Å². The van der Waals surface area contributed by atoms with Crippen molar-refractivity contribution >= 4 is 5.78 Å². The molecule has 1 unspecified atom stereocenters. The van der Waals surface area contributed by atoms with E-state index in [2.05, 4.69) is 27.7 Å². The van der Waals surface area contributed by atoms with E-state index >= 15 is 0 Å². The molecule has 4 atom stereocenters. The van der Waals surface area contributed by atoms with Gasteiger partial charge in [0.25, 0.3) is 0 Å². The molecule has 0 saturated heterocycles. The number of phenols is 2. The highest BCUT2D eigenvalue weighted by Gasteiger charge is 2.63. The van der Waals surface area contributed by atoms with Gasteiger partial charge in [-0.25, -0.2) is 0 Å². The molecule has 2 fully saturated rings. The molecule has 0 aliphatic heterocycles. The SMILES string of the molecule is CC1(C)C(=O)CC[C@]2(C)C1CC[C@]1(C)c3c(O)cc(O)cc3C[C@H]12. The minimum atomic E-state index is -0.257. The number of aromatic hydroxyl groups is 2. The highest BCUT2D eigenvalue weighted by atomic mass is 16.3. The molecule has 2 N–H and O–H groups in total. The summed E-state index contributed by atoms with van der Waals surface area (Å²) in [7, 11) is 0. The summed E-state index contributed by atoms with van der Waals surface area (Å²) in [6.07, 6.45) is 4.54. The molecule has 3 heteroatoms. The molecule has 0 spiro atoms. The summed E-state index contributed by atoms with van der Waals surface area (Å²) in [4.78, 5) is 12.5. The maximum Gasteiger partial charge on any atom is 0.138 e. The number of carbonyl (C=O) groups excluding carboxylic acids is 1. The van der Waals surface area contributed by atoms with Crippen LogP contribution in [-0.2, 0) is 16.6 Å². The van der Waals surface area contributed by atoms with E-state index in [1.54, 1.807) is 0 Å². The normalized spacial score (nSPS) is 39.9. The number of carbonyl (C=O) groups is 1. The Balaban J connectivity index is 1.84. The quantitative estimate of drug-likeness (QED) is 0.745. The number of rotatable bonds is 0. The van der Waals surface area contributed by atoms with Gasteiger partial charge < -0.3 is 10.2 Å². The Morgan fingerprint density at radius 2 is 1.75 bits per heavy atom. The second-order valence-corrected chi connectivity index (χ2v) is 9.42. The van der Waals surface area contributed by atoms with Crippen molar-refractivity contribution in [1.82, 2.24) is 0 Å². The maximum atomic E-state index is 12.5. The van der Waals surface area contributed by atoms with Gasteiger partial charge in [-0.05, 0) is 54.6 Å². The summed E-state index contributed by atoms with van der Waals surface area (Å²) >= 11 is 0. The maximum absolute atomic E-state index is 12.5. The first-order valence-electron chi connectivity index (χ1n) is 9.19. The van der Waals surface area contributed by atoms with Gasteiger partial charge in [0.15, 0.2) is 0 Å². The molecule has 0 radical (unpaired) electrons. The number of benzene rings is 1. The van der Waals surface area contributed by atoms with Crippen LogP contribution in [0, 0.1) is 22.7 Å². The average Bonchev–Trinajstić information content (AvgIpc) is 2.77. The second kappa shape index (κ2) is 4.56. The van der Waals surface area contributed by atoms with E-state index in [-0.39, 0.29) is 27.7 Å². The molecule has 0 aromatic heterocycles. The van der Waals surface area contributed by atoms with Crippen molar-refractivity contribution in [3.05, 3.63) is 23.3 Å². The molecule has 1 aromatic rings. The van der Waals surface area contributed by atoms with E-state index in [1.807, 2.05) is 6.07 Å². The number of Topliss-reactive ketones (excluding diaryl/α,β-unsaturated/α-hetero) is 1. The fraction of sp³-hybridized carbons (Fsp3) is 0.667. The van der Waals surface area contributed by atoms with Gasteiger partial charge in [-0.3, -0.25) is 4.79 Å². The third kappa shape index (κ3) is 1.76. The van der Waals surface area contributed by atoms with Crippen molar-refractivity contribution in [2.24, 2.45) is 22.7 Å². The summed E-state index contributed by atoms with van der Waals surface area (Å²) in [5.74, 6) is 1.61. The van der Waals surface area contributed by atoms with E-state index in [9.17, 15) is 15.0 Å². The zero-order valence-corrected chi connectivity index (χ0v) is 15.1. The monoisotopic (exact) mass is 328 g/mol. The Kier molecular flexibility index (Phi) is 3.04. The van der Waals surface area contributed by atoms with Crippen molar-refractivity contribution in [3.63, 3.8) is 0 Å². The molecular weight excluding hydrogens is 300 g/mol. The largest absolute Gasteiger partial charge is 0.508 e. The predicted molar refractivity (Wildman–Crippen MR) is 93.2 cm³/mol. The van der Waals surface area contributed by atoms with Gasteiger partial charge in [-0.2, -0.15) is 0 Å². The fourth-order valence-corrected chi connectivity index (χ4v) is 6.82. The van der Waals surface area contributed by atoms with Gasteiger partial charge in [0.1, 0.15) is 17.3 Å². The van der Waals surface area contributed by atoms with Crippen molar-refractivity contribution in [3.8, 4) is 11.5 Å². The molecule has 3 nitrogen and oxygen atoms in total. The first-order chi connectivity index (χ1) is 11.1. The van der Waals surface area contributed by atoms with Gasteiger partial charge in [0.2, 0.25) is 0 Å². The molecule has 0 bridgehead atoms. The Morgan fingerprint density at radius 3 is 2.46 bits per heavy atom. The van der Waals surface area contributed by atoms with Crippen molar-refractivity contribution in [2.45, 2.75) is 65.2 Å². The minimum Gasteiger partial charge on any atom is -0.508 e. The van der Waals surface area contributed by atoms with Crippen LogP contribution in [0.3, 0.4) is 0 Å². The van der Waals surface area contributed by atoms with Gasteiger partial charge in [-0.15, -0.1) is 0 Å². The molecule has 24 heavy (non-hydrogen) atoms. The lowest BCUT2D eigenvalue weighted by molar-refractivity contribution is -0.151. The molecule has 1 aromatic carbocycles. The van der Waals surface area contributed by atoms with E-state index in [4.69, 9.17) is 0 Å². The molecule has 2 saturated carbocycles. The minimum absolute atomic E-state index is 0.0607. The van der Waals surface area contributed by atoms with E-state index in [0.717, 1.165) is 36.8 Å². The zero-order chi connectivity index (χ0) is 17.5. The molecule has 0 amide bonds. The Morgan fingerprint density at radius 1 is 1.04 bits per heavy atom. The zero-order valence-electron chi connectivity index (χ0n) is 15.1. The Bertz CT molecular complexity index is 735. The van der Waals surface area contributed by atoms with Crippen molar-refractivity contribution in [1.29, 1.82) is 0 Å². The van der Waals surface area contributed by atoms with Crippen LogP contribution in [0.1, 0.15) is 64.5 Å². The van der Waals surface area contributed by atoms with Crippen LogP contribution in [0.4, 0.5) is 0 Å². The molecule has 130 valence electrons. The van der Waals surface area contributed by atoms with Gasteiger partial charge in [-0.1, -0.05) is 27.7 Å². The topological polar surface area (TPSA) is 57.5 Å². The summed E-state index contributed by atoms with van der Waals surface area (Å²) in [5.41, 5.74) is 1.92. The smallest absolute Gasteiger partial charge is 0.138 e. The van der Waals surface area contributed by atoms with Crippen LogP contribution in [0.2, 0.25) is 0 Å². The number of hydrogen-bond acceptors (Lipinski definition) is 3. The lowest BCUT2D eigenvalue weighted by atomic mass is 9.43. The fourth-order valence-electron chi connectivity index (χ4n) is 6.82. The van der Waals surface area contributed by atoms with Crippen LogP contribution >= 0.6 is 0 Å². The summed E-state index contributed by atoms with van der Waals surface area (Å²) in [6.45, 7) is 8.92. The third-order valence-electron chi connectivity index (χ3n) is 7.97. The molecule has 4 rings (SSSR count). The Hall–Kier alpha value is -1.51. The highest BCUT2D eigenvalue weighted by molar-refractivity contribution is 5.85. The summed E-state index contributed by atoms with van der Waals surface area (Å²) in [6, 6.07) is 3.31. The number of ketones is 1. The van der Waals surface area contributed by atoms with Crippen molar-refractivity contribution < 1.29 is 15.0 Å². The average molecular weight is 328 g/mol. The van der Waals surface area contributed by atoms with Crippen LogP contribution in [0.25, 0.3) is 0 Å². The lowest BCUT2D eigenvalue weighted by Crippen LogP contribution is -2.57.